The summed E-state index contributed by atoms with van der Waals surface area (Å²) in [6, 6.07) is 2.25. The Kier molecular flexibility index (Phi) is 4.90. The normalized spacial score (nSPS) is 22.3. The summed E-state index contributed by atoms with van der Waals surface area (Å²) in [5.41, 5.74) is 2.02. The van der Waals surface area contributed by atoms with Crippen LogP contribution in [0, 0.1) is 6.92 Å². The first-order chi connectivity index (χ1) is 12.2. The number of aromatic nitrogens is 2. The molecule has 0 aromatic carbocycles. The number of nitrogens with zero attached hydrogens (tertiary/aromatic N) is 3. The topological polar surface area (TPSA) is 47.4 Å². The lowest BCUT2D eigenvalue weighted by molar-refractivity contribution is 0.0667. The molecule has 2 saturated heterocycles. The van der Waals surface area contributed by atoms with Crippen LogP contribution in [0.3, 0.4) is 0 Å². The number of hydrogen-bond donors (Lipinski definition) is 0. The Labute approximate surface area is 152 Å². The van der Waals surface area contributed by atoms with Crippen molar-refractivity contribution in [3.05, 3.63) is 40.1 Å². The molecule has 0 spiro atoms. The predicted octanol–water partition coefficient (Wildman–Crippen LogP) is 3.62. The summed E-state index contributed by atoms with van der Waals surface area (Å²) in [6.45, 7) is 5.41. The molecule has 1 atom stereocenters. The van der Waals surface area contributed by atoms with Gasteiger partial charge in [0.15, 0.2) is 0 Å². The van der Waals surface area contributed by atoms with Gasteiger partial charge in [0.1, 0.15) is 5.82 Å². The van der Waals surface area contributed by atoms with Gasteiger partial charge in [0.25, 0.3) is 5.91 Å². The minimum absolute atomic E-state index is 0.163. The van der Waals surface area contributed by atoms with Crippen molar-refractivity contribution in [2.75, 3.05) is 26.3 Å². The molecule has 5 nitrogen and oxygen atoms in total. The zero-order valence-corrected chi connectivity index (χ0v) is 15.5. The summed E-state index contributed by atoms with van der Waals surface area (Å²) >= 11 is 1.58. The average Bonchev–Trinajstić information content (AvgIpc) is 3.32. The Morgan fingerprint density at radius 1 is 1.32 bits per heavy atom. The Hall–Kier alpha value is -1.66. The van der Waals surface area contributed by atoms with Crippen molar-refractivity contribution in [2.45, 2.75) is 44.6 Å². The van der Waals surface area contributed by atoms with E-state index in [1.165, 1.54) is 11.5 Å². The maximum atomic E-state index is 12.7. The highest BCUT2D eigenvalue weighted by Gasteiger charge is 2.30. The van der Waals surface area contributed by atoms with Crippen LogP contribution in [0.25, 0.3) is 0 Å². The number of ether oxygens (including phenoxy) is 1. The van der Waals surface area contributed by atoms with E-state index in [2.05, 4.69) is 11.5 Å². The summed E-state index contributed by atoms with van der Waals surface area (Å²) in [7, 11) is 0. The Bertz CT molecular complexity index is 719. The van der Waals surface area contributed by atoms with Crippen LogP contribution in [-0.4, -0.2) is 46.7 Å². The molecule has 0 aliphatic carbocycles. The van der Waals surface area contributed by atoms with Crippen molar-refractivity contribution in [1.82, 2.24) is 14.5 Å². The van der Waals surface area contributed by atoms with Crippen molar-refractivity contribution >= 4 is 17.2 Å². The first-order valence-electron chi connectivity index (χ1n) is 9.17. The molecule has 1 amide bonds. The molecule has 2 aliphatic rings. The monoisotopic (exact) mass is 359 g/mol. The Morgan fingerprint density at radius 3 is 2.92 bits per heavy atom. The lowest BCUT2D eigenvalue weighted by Crippen LogP contribution is -2.41. The molecule has 1 unspecified atom stereocenters. The van der Waals surface area contributed by atoms with Crippen molar-refractivity contribution < 1.29 is 9.53 Å². The highest BCUT2D eigenvalue weighted by Crippen LogP contribution is 2.32. The van der Waals surface area contributed by atoms with Crippen LogP contribution in [0.1, 0.15) is 59.5 Å². The number of aryl methyl sites for hydroxylation is 1. The second kappa shape index (κ2) is 7.30. The Morgan fingerprint density at radius 2 is 2.16 bits per heavy atom. The minimum atomic E-state index is 0.163. The molecule has 4 rings (SSSR count). The van der Waals surface area contributed by atoms with Crippen LogP contribution in [0.15, 0.2) is 23.0 Å². The van der Waals surface area contributed by atoms with Gasteiger partial charge >= 0.3 is 0 Å². The minimum Gasteiger partial charge on any atom is -0.381 e. The molecule has 6 heteroatoms. The molecule has 134 valence electrons. The number of rotatable bonds is 3. The molecule has 4 heterocycles. The first-order valence-corrected chi connectivity index (χ1v) is 10.1. The summed E-state index contributed by atoms with van der Waals surface area (Å²) < 4.78 is 7.92. The van der Waals surface area contributed by atoms with Gasteiger partial charge in [0.2, 0.25) is 0 Å². The number of carbonyl (C=O) groups excluding carboxylic acids is 1. The quantitative estimate of drug-likeness (QED) is 0.841. The number of hydrogen-bond acceptors (Lipinski definition) is 4. The molecule has 0 N–H and O–H groups in total. The molecule has 0 radical (unpaired) electrons. The highest BCUT2D eigenvalue weighted by atomic mass is 32.1. The molecule has 2 aliphatic heterocycles. The van der Waals surface area contributed by atoms with Crippen LogP contribution in [0.5, 0.6) is 0 Å². The zero-order chi connectivity index (χ0) is 17.2. The maximum Gasteiger partial charge on any atom is 0.254 e. The third-order valence-electron chi connectivity index (χ3n) is 5.41. The van der Waals surface area contributed by atoms with Gasteiger partial charge < -0.3 is 14.2 Å². The van der Waals surface area contributed by atoms with Gasteiger partial charge in [-0.1, -0.05) is 0 Å². The van der Waals surface area contributed by atoms with Crippen LogP contribution >= 0.6 is 11.3 Å². The van der Waals surface area contributed by atoms with Gasteiger partial charge in [-0.3, -0.25) is 4.79 Å². The van der Waals surface area contributed by atoms with Gasteiger partial charge in [0.05, 0.1) is 11.6 Å². The Balaban J connectivity index is 1.55. The van der Waals surface area contributed by atoms with E-state index in [1.54, 1.807) is 11.3 Å². The lowest BCUT2D eigenvalue weighted by Gasteiger charge is -2.35. The van der Waals surface area contributed by atoms with Crippen molar-refractivity contribution in [2.24, 2.45) is 0 Å². The van der Waals surface area contributed by atoms with E-state index in [-0.39, 0.29) is 5.91 Å². The number of carbonyl (C=O) groups is 1. The van der Waals surface area contributed by atoms with Gasteiger partial charge in [0, 0.05) is 49.5 Å². The van der Waals surface area contributed by atoms with E-state index in [4.69, 9.17) is 9.72 Å². The van der Waals surface area contributed by atoms with E-state index in [1.807, 2.05) is 27.9 Å². The van der Waals surface area contributed by atoms with Crippen LogP contribution < -0.4 is 0 Å². The number of piperidine rings is 1. The fourth-order valence-corrected chi connectivity index (χ4v) is 4.75. The van der Waals surface area contributed by atoms with Crippen molar-refractivity contribution in [3.63, 3.8) is 0 Å². The first kappa shape index (κ1) is 16.8. The maximum absolute atomic E-state index is 12.7. The fraction of sp³-hybridized carbons (Fsp3) is 0.579. The lowest BCUT2D eigenvalue weighted by atomic mass is 9.97. The second-order valence-corrected chi connectivity index (χ2v) is 7.85. The third-order valence-corrected chi connectivity index (χ3v) is 6.10. The van der Waals surface area contributed by atoms with Crippen LogP contribution in [-0.2, 0) is 4.74 Å². The van der Waals surface area contributed by atoms with Gasteiger partial charge in [-0.15, -0.1) is 0 Å². The van der Waals surface area contributed by atoms with Gasteiger partial charge in [-0.25, -0.2) is 4.98 Å². The molecule has 0 saturated carbocycles. The largest absolute Gasteiger partial charge is 0.381 e. The number of likely N-dealkylation sites (tertiary alicyclic amines) is 1. The van der Waals surface area contributed by atoms with E-state index in [0.717, 1.165) is 57.6 Å². The number of thiophene rings is 1. The second-order valence-electron chi connectivity index (χ2n) is 7.07. The highest BCUT2D eigenvalue weighted by molar-refractivity contribution is 7.08. The SMILES string of the molecule is Cc1cnc(C2CCOCC2)n1C1CCCN(C(=O)c2ccsc2)C1. The number of amides is 1. The van der Waals surface area contributed by atoms with Gasteiger partial charge in [-0.2, -0.15) is 11.3 Å². The summed E-state index contributed by atoms with van der Waals surface area (Å²) in [4.78, 5) is 19.5. The molecule has 2 aromatic rings. The molecule has 0 bridgehead atoms. The van der Waals surface area contributed by atoms with Crippen LogP contribution in [0.4, 0.5) is 0 Å². The average molecular weight is 359 g/mol. The zero-order valence-electron chi connectivity index (χ0n) is 14.7. The molecular formula is C19H25N3O2S. The summed E-state index contributed by atoms with van der Waals surface area (Å²) in [6.07, 6.45) is 6.23. The fourth-order valence-electron chi connectivity index (χ4n) is 4.12. The van der Waals surface area contributed by atoms with Crippen molar-refractivity contribution in [1.29, 1.82) is 0 Å². The molecule has 2 fully saturated rings. The molecule has 25 heavy (non-hydrogen) atoms. The van der Waals surface area contributed by atoms with Crippen LogP contribution in [0.2, 0.25) is 0 Å². The van der Waals surface area contributed by atoms with Crippen molar-refractivity contribution in [3.8, 4) is 0 Å². The third kappa shape index (κ3) is 3.37. The summed E-state index contributed by atoms with van der Waals surface area (Å²) in [5, 5.41) is 3.92. The van der Waals surface area contributed by atoms with Gasteiger partial charge in [-0.05, 0) is 44.1 Å². The van der Waals surface area contributed by atoms with E-state index in [0.29, 0.717) is 12.0 Å². The predicted molar refractivity (Wildman–Crippen MR) is 98.3 cm³/mol. The van der Waals surface area contributed by atoms with E-state index in [9.17, 15) is 4.79 Å². The standard InChI is InChI=1S/C19H25N3O2S/c1-14-11-20-18(15-4-8-24-9-5-15)22(14)17-3-2-7-21(12-17)19(23)16-6-10-25-13-16/h6,10-11,13,15,17H,2-5,7-9,12H2,1H3. The van der Waals surface area contributed by atoms with E-state index >= 15 is 0 Å². The summed E-state index contributed by atoms with van der Waals surface area (Å²) in [5.74, 6) is 1.83. The smallest absolute Gasteiger partial charge is 0.254 e. The number of imidazole rings is 1. The molecular weight excluding hydrogens is 334 g/mol. The molecule has 2 aromatic heterocycles. The van der Waals surface area contributed by atoms with E-state index < -0.39 is 0 Å².